The lowest BCUT2D eigenvalue weighted by atomic mass is 9.87. The molecule has 3 aromatic heterocycles. The number of unbranched alkanes of at least 4 members (excludes halogenated alkanes) is 2. The van der Waals surface area contributed by atoms with E-state index in [0.29, 0.717) is 22.8 Å². The Morgan fingerprint density at radius 3 is 2.08 bits per heavy atom. The van der Waals surface area contributed by atoms with Crippen molar-refractivity contribution in [1.29, 1.82) is 0 Å². The summed E-state index contributed by atoms with van der Waals surface area (Å²) in [6.45, 7) is 7.56. The van der Waals surface area contributed by atoms with Gasteiger partial charge in [0.05, 0.1) is 32.3 Å². The molecule has 0 radical (unpaired) electrons. The normalized spacial score (nSPS) is 14.8. The molecule has 0 fully saturated rings. The summed E-state index contributed by atoms with van der Waals surface area (Å²) in [5.74, 6) is 1.22. The number of rotatable bonds is 15. The molecule has 1 aliphatic heterocycles. The molecule has 4 heterocycles. The molecule has 0 aromatic carbocycles. The Bertz CT molecular complexity index is 1140. The van der Waals surface area contributed by atoms with E-state index in [1.807, 2.05) is 33.5 Å². The Morgan fingerprint density at radius 1 is 0.833 bits per heavy atom. The molecule has 0 bridgehead atoms. The molecular weight excluding hydrogens is 484 g/mol. The number of aromatic hydroxyl groups is 1. The standard InChI is InChI=1S/C30H40N2O2S2/c1-4-7-12-21(11-6-3)16-17-22(13-8-5-2)20-32-28(24-15-10-19-36-24)26-25(30(32)34)27(31-29(26)33)23-14-9-18-35-23/h9-10,14-15,18-19,21-22,34H,4-8,11-13,16-17,20H2,1-3H3. The first-order valence-corrected chi connectivity index (χ1v) is 15.5. The van der Waals surface area contributed by atoms with Gasteiger partial charge in [-0.25, -0.2) is 4.99 Å². The number of carbonyl (C=O) groups excluding carboxylic acids is 1. The fraction of sp³-hybridized carbons (Fsp3) is 0.533. The van der Waals surface area contributed by atoms with Crippen LogP contribution in [-0.4, -0.2) is 21.3 Å². The fourth-order valence-electron chi connectivity index (χ4n) is 5.57. The van der Waals surface area contributed by atoms with Crippen molar-refractivity contribution >= 4 is 34.3 Å². The summed E-state index contributed by atoms with van der Waals surface area (Å²) < 4.78 is 2.04. The Hall–Kier alpha value is -2.18. The summed E-state index contributed by atoms with van der Waals surface area (Å²) in [5.41, 5.74) is 2.65. The van der Waals surface area contributed by atoms with E-state index in [1.165, 1.54) is 57.8 Å². The summed E-state index contributed by atoms with van der Waals surface area (Å²) in [4.78, 5) is 19.5. The van der Waals surface area contributed by atoms with Crippen molar-refractivity contribution in [1.82, 2.24) is 4.57 Å². The molecule has 3 aromatic rings. The Kier molecular flexibility index (Phi) is 9.60. The van der Waals surface area contributed by atoms with E-state index >= 15 is 0 Å². The van der Waals surface area contributed by atoms with Crippen LogP contribution >= 0.6 is 22.7 Å². The number of aliphatic imine (C=N–C) groups is 1. The van der Waals surface area contributed by atoms with Gasteiger partial charge in [-0.2, -0.15) is 0 Å². The molecule has 6 heteroatoms. The number of carbonyl (C=O) groups is 1. The maximum absolute atomic E-state index is 13.2. The Balaban J connectivity index is 1.67. The molecule has 2 unspecified atom stereocenters. The van der Waals surface area contributed by atoms with E-state index < -0.39 is 0 Å². The van der Waals surface area contributed by atoms with Crippen molar-refractivity contribution in [2.24, 2.45) is 16.8 Å². The average molecular weight is 525 g/mol. The third-order valence-electron chi connectivity index (χ3n) is 7.46. The highest BCUT2D eigenvalue weighted by Crippen LogP contribution is 2.43. The van der Waals surface area contributed by atoms with Crippen LogP contribution < -0.4 is 0 Å². The molecule has 36 heavy (non-hydrogen) atoms. The summed E-state index contributed by atoms with van der Waals surface area (Å²) in [7, 11) is 0. The zero-order valence-electron chi connectivity index (χ0n) is 22.0. The maximum Gasteiger partial charge on any atom is 0.280 e. The molecule has 1 amide bonds. The highest BCUT2D eigenvalue weighted by Gasteiger charge is 2.37. The van der Waals surface area contributed by atoms with Crippen LogP contribution in [0.25, 0.3) is 10.6 Å². The number of fused-ring (bicyclic) bond motifs is 1. The third kappa shape index (κ3) is 5.86. The smallest absolute Gasteiger partial charge is 0.280 e. The lowest BCUT2D eigenvalue weighted by Crippen LogP contribution is -2.14. The van der Waals surface area contributed by atoms with E-state index in [4.69, 9.17) is 0 Å². The minimum Gasteiger partial charge on any atom is -0.494 e. The second-order valence-corrected chi connectivity index (χ2v) is 12.0. The predicted octanol–water partition coefficient (Wildman–Crippen LogP) is 9.17. The van der Waals surface area contributed by atoms with Crippen LogP contribution in [0.5, 0.6) is 5.88 Å². The van der Waals surface area contributed by atoms with Crippen LogP contribution in [0.4, 0.5) is 0 Å². The van der Waals surface area contributed by atoms with Gasteiger partial charge in [0.15, 0.2) is 0 Å². The molecule has 1 aliphatic rings. The highest BCUT2D eigenvalue weighted by molar-refractivity contribution is 7.13. The number of hydrogen-bond donors (Lipinski definition) is 1. The van der Waals surface area contributed by atoms with Crippen molar-refractivity contribution in [3.8, 4) is 16.5 Å². The van der Waals surface area contributed by atoms with E-state index in [-0.39, 0.29) is 11.8 Å². The van der Waals surface area contributed by atoms with E-state index in [0.717, 1.165) is 34.3 Å². The van der Waals surface area contributed by atoms with Gasteiger partial charge in [-0.15, -0.1) is 22.7 Å². The SMILES string of the molecule is CCCCC(CCC)CCC(CCCC)Cn1c(O)c2c(c1-c1cccs1)C(=O)N=C2c1cccs1. The van der Waals surface area contributed by atoms with E-state index in [1.54, 1.807) is 22.7 Å². The molecule has 1 N–H and O–H groups in total. The first kappa shape index (κ1) is 26.9. The van der Waals surface area contributed by atoms with Crippen LogP contribution in [0.3, 0.4) is 0 Å². The largest absolute Gasteiger partial charge is 0.494 e. The van der Waals surface area contributed by atoms with Gasteiger partial charge in [-0.3, -0.25) is 4.79 Å². The minimum absolute atomic E-state index is 0.198. The summed E-state index contributed by atoms with van der Waals surface area (Å²) >= 11 is 3.17. The van der Waals surface area contributed by atoms with Gasteiger partial charge in [-0.05, 0) is 47.6 Å². The lowest BCUT2D eigenvalue weighted by Gasteiger charge is -2.23. The number of amides is 1. The molecular formula is C30H40N2O2S2. The molecule has 2 atom stereocenters. The number of aromatic nitrogens is 1. The number of thiophene rings is 2. The zero-order valence-corrected chi connectivity index (χ0v) is 23.6. The highest BCUT2D eigenvalue weighted by atomic mass is 32.1. The molecule has 0 saturated heterocycles. The first-order chi connectivity index (χ1) is 17.6. The Labute approximate surface area is 224 Å². The van der Waals surface area contributed by atoms with Gasteiger partial charge in [0.25, 0.3) is 5.91 Å². The number of hydrogen-bond acceptors (Lipinski definition) is 4. The van der Waals surface area contributed by atoms with Crippen molar-refractivity contribution in [2.75, 3.05) is 0 Å². The lowest BCUT2D eigenvalue weighted by molar-refractivity contribution is 0.101. The van der Waals surface area contributed by atoms with Gasteiger partial charge in [-0.1, -0.05) is 84.3 Å². The van der Waals surface area contributed by atoms with Crippen molar-refractivity contribution in [3.63, 3.8) is 0 Å². The van der Waals surface area contributed by atoms with Gasteiger partial charge in [0, 0.05) is 6.54 Å². The third-order valence-corrected chi connectivity index (χ3v) is 9.22. The maximum atomic E-state index is 13.2. The van der Waals surface area contributed by atoms with Crippen LogP contribution in [-0.2, 0) is 6.54 Å². The quantitative estimate of drug-likeness (QED) is 0.215. The summed E-state index contributed by atoms with van der Waals surface area (Å²) in [5, 5.41) is 15.6. The first-order valence-electron chi connectivity index (χ1n) is 13.7. The van der Waals surface area contributed by atoms with Crippen LogP contribution in [0.1, 0.15) is 106 Å². The predicted molar refractivity (Wildman–Crippen MR) is 154 cm³/mol. The van der Waals surface area contributed by atoms with E-state index in [2.05, 4.69) is 31.8 Å². The zero-order chi connectivity index (χ0) is 25.5. The van der Waals surface area contributed by atoms with Crippen LogP contribution in [0, 0.1) is 11.8 Å². The van der Waals surface area contributed by atoms with E-state index in [9.17, 15) is 9.90 Å². The van der Waals surface area contributed by atoms with Crippen LogP contribution in [0.2, 0.25) is 0 Å². The number of nitrogens with zero attached hydrogens (tertiary/aromatic N) is 2. The Morgan fingerprint density at radius 2 is 1.47 bits per heavy atom. The van der Waals surface area contributed by atoms with Gasteiger partial charge in [0.2, 0.25) is 5.88 Å². The van der Waals surface area contributed by atoms with Crippen LogP contribution in [0.15, 0.2) is 40.0 Å². The van der Waals surface area contributed by atoms with Gasteiger partial charge >= 0.3 is 0 Å². The monoisotopic (exact) mass is 524 g/mol. The molecule has 4 nitrogen and oxygen atoms in total. The van der Waals surface area contributed by atoms with Crippen molar-refractivity contribution in [2.45, 2.75) is 91.5 Å². The summed E-state index contributed by atoms with van der Waals surface area (Å²) in [6.07, 6.45) is 12.4. The average Bonchev–Trinajstić information content (AvgIpc) is 3.67. The second-order valence-electron chi connectivity index (χ2n) is 10.1. The van der Waals surface area contributed by atoms with Crippen molar-refractivity contribution < 1.29 is 9.90 Å². The van der Waals surface area contributed by atoms with Crippen molar-refractivity contribution in [3.05, 3.63) is 51.0 Å². The molecule has 0 aliphatic carbocycles. The molecule has 0 saturated carbocycles. The topological polar surface area (TPSA) is 54.6 Å². The molecule has 4 rings (SSSR count). The van der Waals surface area contributed by atoms with Gasteiger partial charge in [0.1, 0.15) is 0 Å². The minimum atomic E-state index is -0.237. The van der Waals surface area contributed by atoms with Gasteiger partial charge < -0.3 is 9.67 Å². The molecule has 194 valence electrons. The fourth-order valence-corrected chi connectivity index (χ4v) is 7.08. The second kappa shape index (κ2) is 12.9. The summed E-state index contributed by atoms with van der Waals surface area (Å²) in [6, 6.07) is 8.00. The molecule has 0 spiro atoms.